The number of hydrogen-bond donors (Lipinski definition) is 2. The molecule has 0 bridgehead atoms. The monoisotopic (exact) mass is 440 g/mol. The number of aliphatic imine (C=N–C) groups is 1. The van der Waals surface area contributed by atoms with E-state index in [1.807, 2.05) is 0 Å². The largest absolute Gasteiger partial charge is 0.377 e. The zero-order valence-corrected chi connectivity index (χ0v) is 18.1. The minimum Gasteiger partial charge on any atom is -0.377 e. The van der Waals surface area contributed by atoms with Crippen LogP contribution in [0, 0.1) is 5.92 Å². The Morgan fingerprint density at radius 2 is 1.91 bits per heavy atom. The van der Waals surface area contributed by atoms with E-state index in [0.717, 1.165) is 25.0 Å². The molecule has 23 heavy (non-hydrogen) atoms. The molecule has 0 amide bonds. The van der Waals surface area contributed by atoms with Crippen molar-refractivity contribution in [3.8, 4) is 0 Å². The molecule has 0 saturated carbocycles. The Morgan fingerprint density at radius 3 is 2.43 bits per heavy atom. The normalized spacial score (nSPS) is 19.1. The van der Waals surface area contributed by atoms with Gasteiger partial charge in [0.15, 0.2) is 5.96 Å². The number of methoxy groups -OCH3 is 1. The third-order valence-electron chi connectivity index (χ3n) is 4.52. The Labute approximate surface area is 160 Å². The lowest BCUT2D eigenvalue weighted by molar-refractivity contribution is 0.0310. The van der Waals surface area contributed by atoms with E-state index in [9.17, 15) is 0 Å². The molecular weight excluding hydrogens is 403 g/mol. The summed E-state index contributed by atoms with van der Waals surface area (Å²) in [6, 6.07) is 0.534. The van der Waals surface area contributed by atoms with Crippen molar-refractivity contribution < 1.29 is 4.74 Å². The molecule has 1 rings (SSSR count). The molecule has 1 fully saturated rings. The predicted molar refractivity (Wildman–Crippen MR) is 110 cm³/mol. The van der Waals surface area contributed by atoms with Crippen molar-refractivity contribution >= 4 is 29.9 Å². The first-order valence-corrected chi connectivity index (χ1v) is 8.69. The number of guanidine groups is 1. The number of rotatable bonds is 7. The van der Waals surface area contributed by atoms with Gasteiger partial charge in [-0.15, -0.1) is 24.0 Å². The standard InChI is InChI=1S/C17H36N4O.HI/c1-7-18-16(20-13-17(4,5)22-6)19-12-15(3)21-10-8-14(2)9-11-21;/h14-15H,7-13H2,1-6H3,(H2,18,19,20);1H. The molecule has 0 aromatic carbocycles. The van der Waals surface area contributed by atoms with Gasteiger partial charge in [-0.25, -0.2) is 0 Å². The van der Waals surface area contributed by atoms with Gasteiger partial charge >= 0.3 is 0 Å². The van der Waals surface area contributed by atoms with Gasteiger partial charge in [0.2, 0.25) is 0 Å². The van der Waals surface area contributed by atoms with Crippen LogP contribution in [0.4, 0.5) is 0 Å². The first-order chi connectivity index (χ1) is 10.4. The molecule has 0 radical (unpaired) electrons. The number of nitrogens with one attached hydrogen (secondary N) is 2. The lowest BCUT2D eigenvalue weighted by Crippen LogP contribution is -2.48. The van der Waals surface area contributed by atoms with Crippen molar-refractivity contribution in [3.63, 3.8) is 0 Å². The Bertz CT molecular complexity index is 341. The molecule has 2 N–H and O–H groups in total. The second-order valence-corrected chi connectivity index (χ2v) is 7.11. The van der Waals surface area contributed by atoms with E-state index in [1.165, 1.54) is 25.9 Å². The first kappa shape index (κ1) is 22.9. The van der Waals surface area contributed by atoms with Gasteiger partial charge < -0.3 is 15.4 Å². The lowest BCUT2D eigenvalue weighted by Gasteiger charge is -2.35. The fourth-order valence-electron chi connectivity index (χ4n) is 2.52. The first-order valence-electron chi connectivity index (χ1n) is 8.69. The highest BCUT2D eigenvalue weighted by atomic mass is 127. The number of halogens is 1. The van der Waals surface area contributed by atoms with E-state index >= 15 is 0 Å². The fraction of sp³-hybridized carbons (Fsp3) is 0.941. The van der Waals surface area contributed by atoms with Crippen LogP contribution < -0.4 is 10.6 Å². The summed E-state index contributed by atoms with van der Waals surface area (Å²) < 4.78 is 5.43. The van der Waals surface area contributed by atoms with Gasteiger partial charge in [-0.2, -0.15) is 0 Å². The SMILES string of the molecule is CCNC(=NCC(C)(C)OC)NCC(C)N1CCC(C)CC1.I. The minimum absolute atomic E-state index is 0. The van der Waals surface area contributed by atoms with Crippen LogP contribution in [0.3, 0.4) is 0 Å². The molecule has 1 heterocycles. The van der Waals surface area contributed by atoms with Gasteiger partial charge in [0, 0.05) is 26.2 Å². The highest BCUT2D eigenvalue weighted by molar-refractivity contribution is 14.0. The molecule has 0 aromatic heterocycles. The quantitative estimate of drug-likeness (QED) is 0.363. The molecule has 1 saturated heterocycles. The fourth-order valence-corrected chi connectivity index (χ4v) is 2.52. The number of likely N-dealkylation sites (tertiary alicyclic amines) is 1. The van der Waals surface area contributed by atoms with E-state index in [4.69, 9.17) is 4.74 Å². The maximum absolute atomic E-state index is 5.43. The topological polar surface area (TPSA) is 48.9 Å². The summed E-state index contributed by atoms with van der Waals surface area (Å²) in [5.74, 6) is 1.76. The van der Waals surface area contributed by atoms with Crippen molar-refractivity contribution in [3.05, 3.63) is 0 Å². The number of nitrogens with zero attached hydrogens (tertiary/aromatic N) is 2. The van der Waals surface area contributed by atoms with Crippen molar-refractivity contribution in [2.24, 2.45) is 10.9 Å². The van der Waals surface area contributed by atoms with Gasteiger partial charge in [0.05, 0.1) is 12.1 Å². The highest BCUT2D eigenvalue weighted by Gasteiger charge is 2.20. The Balaban J connectivity index is 0.00000484. The summed E-state index contributed by atoms with van der Waals surface area (Å²) in [5, 5.41) is 6.78. The number of ether oxygens (including phenoxy) is 1. The average molecular weight is 440 g/mol. The summed E-state index contributed by atoms with van der Waals surface area (Å²) in [7, 11) is 1.73. The van der Waals surface area contributed by atoms with Crippen LogP contribution in [0.2, 0.25) is 0 Å². The Morgan fingerprint density at radius 1 is 1.30 bits per heavy atom. The van der Waals surface area contributed by atoms with E-state index in [2.05, 4.69) is 55.1 Å². The van der Waals surface area contributed by atoms with Gasteiger partial charge in [-0.05, 0) is 59.5 Å². The van der Waals surface area contributed by atoms with Crippen LogP contribution in [0.1, 0.15) is 47.5 Å². The number of hydrogen-bond acceptors (Lipinski definition) is 3. The summed E-state index contributed by atoms with van der Waals surface area (Å²) in [4.78, 5) is 7.22. The van der Waals surface area contributed by atoms with E-state index < -0.39 is 0 Å². The van der Waals surface area contributed by atoms with Gasteiger partial charge in [0.1, 0.15) is 0 Å². The molecule has 0 aromatic rings. The average Bonchev–Trinajstić information content (AvgIpc) is 2.50. The van der Waals surface area contributed by atoms with E-state index in [1.54, 1.807) is 7.11 Å². The molecule has 0 aliphatic carbocycles. The van der Waals surface area contributed by atoms with Crippen molar-refractivity contribution in [1.82, 2.24) is 15.5 Å². The summed E-state index contributed by atoms with van der Waals surface area (Å²) in [6.45, 7) is 15.7. The third kappa shape index (κ3) is 9.10. The maximum atomic E-state index is 5.43. The smallest absolute Gasteiger partial charge is 0.191 e. The molecular formula is C17H37IN4O. The second kappa shape index (κ2) is 11.5. The summed E-state index contributed by atoms with van der Waals surface area (Å²) >= 11 is 0. The van der Waals surface area contributed by atoms with Crippen molar-refractivity contribution in [2.75, 3.05) is 39.8 Å². The van der Waals surface area contributed by atoms with Crippen LogP contribution in [0.5, 0.6) is 0 Å². The maximum Gasteiger partial charge on any atom is 0.191 e. The third-order valence-corrected chi connectivity index (χ3v) is 4.52. The predicted octanol–water partition coefficient (Wildman–Crippen LogP) is 2.70. The zero-order chi connectivity index (χ0) is 16.6. The van der Waals surface area contributed by atoms with Crippen LogP contribution in [-0.2, 0) is 4.74 Å². The Hall–Kier alpha value is -0.0800. The molecule has 5 nitrogen and oxygen atoms in total. The van der Waals surface area contributed by atoms with E-state index in [0.29, 0.717) is 12.6 Å². The lowest BCUT2D eigenvalue weighted by atomic mass is 9.98. The highest BCUT2D eigenvalue weighted by Crippen LogP contribution is 2.17. The Kier molecular flexibility index (Phi) is 11.4. The molecule has 6 heteroatoms. The van der Waals surface area contributed by atoms with Crippen LogP contribution in [-0.4, -0.2) is 62.3 Å². The molecule has 1 unspecified atom stereocenters. The molecule has 138 valence electrons. The molecule has 1 aliphatic rings. The van der Waals surface area contributed by atoms with Gasteiger partial charge in [-0.3, -0.25) is 9.89 Å². The molecule has 0 spiro atoms. The molecule has 1 aliphatic heterocycles. The summed E-state index contributed by atoms with van der Waals surface area (Å²) in [6.07, 6.45) is 2.64. The molecule has 1 atom stereocenters. The minimum atomic E-state index is -0.225. The van der Waals surface area contributed by atoms with E-state index in [-0.39, 0.29) is 29.6 Å². The zero-order valence-electron chi connectivity index (χ0n) is 15.8. The van der Waals surface area contributed by atoms with Crippen LogP contribution in [0.25, 0.3) is 0 Å². The van der Waals surface area contributed by atoms with Gasteiger partial charge in [0.25, 0.3) is 0 Å². The van der Waals surface area contributed by atoms with Crippen molar-refractivity contribution in [2.45, 2.75) is 59.1 Å². The van der Waals surface area contributed by atoms with Crippen LogP contribution in [0.15, 0.2) is 4.99 Å². The van der Waals surface area contributed by atoms with Gasteiger partial charge in [-0.1, -0.05) is 6.92 Å². The summed E-state index contributed by atoms with van der Waals surface area (Å²) in [5.41, 5.74) is -0.225. The van der Waals surface area contributed by atoms with Crippen molar-refractivity contribution in [1.29, 1.82) is 0 Å². The van der Waals surface area contributed by atoms with Crippen LogP contribution >= 0.6 is 24.0 Å². The second-order valence-electron chi connectivity index (χ2n) is 7.11. The number of piperidine rings is 1.